The molecule has 0 amide bonds. The topological polar surface area (TPSA) is 51.4 Å². The number of likely N-dealkylation sites (tertiary alicyclic amines) is 1. The van der Waals surface area contributed by atoms with E-state index in [-0.39, 0.29) is 12.4 Å². The Morgan fingerprint density at radius 2 is 1.75 bits per heavy atom. The van der Waals surface area contributed by atoms with E-state index in [1.807, 2.05) is 24.3 Å². The molecule has 1 aliphatic heterocycles. The van der Waals surface area contributed by atoms with Crippen LogP contribution in [0.3, 0.4) is 0 Å². The Labute approximate surface area is 172 Å². The molecule has 1 aromatic heterocycles. The van der Waals surface area contributed by atoms with E-state index >= 15 is 0 Å². The number of hydrogen-bond donors (Lipinski definition) is 0. The Kier molecular flexibility index (Phi) is 7.06. The van der Waals surface area contributed by atoms with Crippen LogP contribution in [0.15, 0.2) is 59.1 Å². The zero-order valence-corrected chi connectivity index (χ0v) is 16.9. The summed E-state index contributed by atoms with van der Waals surface area (Å²) >= 11 is 0. The van der Waals surface area contributed by atoms with Crippen LogP contribution in [0.2, 0.25) is 0 Å². The highest BCUT2D eigenvalue weighted by Crippen LogP contribution is 2.24. The molecule has 1 fully saturated rings. The Hall–Kier alpha value is -2.37. The summed E-state index contributed by atoms with van der Waals surface area (Å²) < 4.78 is 10.7. The maximum Gasteiger partial charge on any atom is 0.241 e. The van der Waals surface area contributed by atoms with Gasteiger partial charge in [0.25, 0.3) is 0 Å². The van der Waals surface area contributed by atoms with Crippen molar-refractivity contribution in [3.63, 3.8) is 0 Å². The molecule has 6 heteroatoms. The van der Waals surface area contributed by atoms with E-state index < -0.39 is 0 Å². The molecular formula is C22H26ClN3O2. The van der Waals surface area contributed by atoms with E-state index in [1.54, 1.807) is 7.11 Å². The van der Waals surface area contributed by atoms with Gasteiger partial charge >= 0.3 is 0 Å². The molecule has 3 aromatic rings. The van der Waals surface area contributed by atoms with Crippen LogP contribution in [0, 0.1) is 5.92 Å². The monoisotopic (exact) mass is 399 g/mol. The van der Waals surface area contributed by atoms with Crippen LogP contribution in [0.25, 0.3) is 11.4 Å². The summed E-state index contributed by atoms with van der Waals surface area (Å²) in [6, 6.07) is 18.5. The molecular weight excluding hydrogens is 374 g/mol. The maximum absolute atomic E-state index is 5.47. The smallest absolute Gasteiger partial charge is 0.241 e. The Bertz CT molecular complexity index is 844. The number of aromatic nitrogens is 2. The highest BCUT2D eigenvalue weighted by atomic mass is 35.5. The molecule has 0 bridgehead atoms. The lowest BCUT2D eigenvalue weighted by molar-refractivity contribution is 0.159. The van der Waals surface area contributed by atoms with Gasteiger partial charge in [0.15, 0.2) is 0 Å². The molecule has 0 radical (unpaired) electrons. The van der Waals surface area contributed by atoms with Crippen molar-refractivity contribution in [3.05, 3.63) is 66.1 Å². The predicted octanol–water partition coefficient (Wildman–Crippen LogP) is 4.62. The first kappa shape index (κ1) is 20.4. The first-order valence-corrected chi connectivity index (χ1v) is 9.53. The molecule has 0 N–H and O–H groups in total. The van der Waals surface area contributed by atoms with Gasteiger partial charge in [0.2, 0.25) is 11.7 Å². The predicted molar refractivity (Wildman–Crippen MR) is 112 cm³/mol. The summed E-state index contributed by atoms with van der Waals surface area (Å²) in [4.78, 5) is 6.97. The first-order valence-electron chi connectivity index (χ1n) is 9.53. The average molecular weight is 400 g/mol. The number of nitrogens with zero attached hydrogens (tertiary/aromatic N) is 3. The Morgan fingerprint density at radius 1 is 1.04 bits per heavy atom. The zero-order chi connectivity index (χ0) is 18.5. The normalized spacial score (nSPS) is 15.2. The molecule has 0 aliphatic carbocycles. The lowest BCUT2D eigenvalue weighted by atomic mass is 9.90. The minimum absolute atomic E-state index is 0. The van der Waals surface area contributed by atoms with Gasteiger partial charge in [-0.15, -0.1) is 12.4 Å². The summed E-state index contributed by atoms with van der Waals surface area (Å²) in [6.45, 7) is 2.89. The lowest BCUT2D eigenvalue weighted by Gasteiger charge is -2.31. The van der Waals surface area contributed by atoms with Crippen LogP contribution >= 0.6 is 12.4 Å². The number of halogens is 1. The second-order valence-electron chi connectivity index (χ2n) is 7.15. The van der Waals surface area contributed by atoms with Crippen molar-refractivity contribution in [1.82, 2.24) is 15.0 Å². The van der Waals surface area contributed by atoms with Gasteiger partial charge in [0.1, 0.15) is 5.75 Å². The highest BCUT2D eigenvalue weighted by Gasteiger charge is 2.21. The number of piperidine rings is 1. The van der Waals surface area contributed by atoms with Gasteiger partial charge < -0.3 is 9.26 Å². The maximum atomic E-state index is 5.47. The van der Waals surface area contributed by atoms with E-state index in [9.17, 15) is 0 Å². The number of ether oxygens (including phenoxy) is 1. The number of hydrogen-bond acceptors (Lipinski definition) is 5. The third-order valence-electron chi connectivity index (χ3n) is 5.25. The fourth-order valence-electron chi connectivity index (χ4n) is 3.66. The second-order valence-corrected chi connectivity index (χ2v) is 7.15. The van der Waals surface area contributed by atoms with Crippen LogP contribution in [0.5, 0.6) is 5.75 Å². The van der Waals surface area contributed by atoms with Crippen LogP contribution in [-0.4, -0.2) is 35.2 Å². The molecule has 2 heterocycles. The summed E-state index contributed by atoms with van der Waals surface area (Å²) in [5.41, 5.74) is 2.38. The Balaban J connectivity index is 0.00000225. The highest BCUT2D eigenvalue weighted by molar-refractivity contribution is 5.85. The molecule has 28 heavy (non-hydrogen) atoms. The van der Waals surface area contributed by atoms with Crippen molar-refractivity contribution in [2.75, 3.05) is 20.2 Å². The second kappa shape index (κ2) is 9.71. The third-order valence-corrected chi connectivity index (χ3v) is 5.25. The van der Waals surface area contributed by atoms with Crippen LogP contribution in [0.1, 0.15) is 24.3 Å². The van der Waals surface area contributed by atoms with Crippen molar-refractivity contribution in [2.45, 2.75) is 25.8 Å². The molecule has 0 unspecified atom stereocenters. The molecule has 1 aliphatic rings. The third kappa shape index (κ3) is 5.12. The van der Waals surface area contributed by atoms with Gasteiger partial charge in [0.05, 0.1) is 13.7 Å². The molecule has 5 nitrogen and oxygen atoms in total. The minimum atomic E-state index is 0. The molecule has 0 atom stereocenters. The molecule has 1 saturated heterocycles. The largest absolute Gasteiger partial charge is 0.497 e. The van der Waals surface area contributed by atoms with E-state index in [2.05, 4.69) is 45.4 Å². The lowest BCUT2D eigenvalue weighted by Crippen LogP contribution is -2.33. The fourth-order valence-corrected chi connectivity index (χ4v) is 3.66. The quantitative estimate of drug-likeness (QED) is 0.605. The van der Waals surface area contributed by atoms with Gasteiger partial charge in [-0.05, 0) is 68.1 Å². The van der Waals surface area contributed by atoms with E-state index in [4.69, 9.17) is 9.26 Å². The van der Waals surface area contributed by atoms with Gasteiger partial charge in [-0.2, -0.15) is 4.98 Å². The van der Waals surface area contributed by atoms with Gasteiger partial charge in [-0.3, -0.25) is 4.90 Å². The van der Waals surface area contributed by atoms with Crippen molar-refractivity contribution in [3.8, 4) is 17.1 Å². The number of methoxy groups -OCH3 is 1. The van der Waals surface area contributed by atoms with Crippen LogP contribution < -0.4 is 4.74 Å². The van der Waals surface area contributed by atoms with E-state index in [0.29, 0.717) is 11.7 Å². The summed E-state index contributed by atoms with van der Waals surface area (Å²) in [7, 11) is 1.66. The van der Waals surface area contributed by atoms with E-state index in [1.165, 1.54) is 24.8 Å². The molecule has 0 saturated carbocycles. The Morgan fingerprint density at radius 3 is 2.43 bits per heavy atom. The van der Waals surface area contributed by atoms with Crippen LogP contribution in [0.4, 0.5) is 0 Å². The minimum Gasteiger partial charge on any atom is -0.497 e. The summed E-state index contributed by atoms with van der Waals surface area (Å²) in [6.07, 6.45) is 3.61. The summed E-state index contributed by atoms with van der Waals surface area (Å²) in [5.74, 6) is 2.90. The van der Waals surface area contributed by atoms with Gasteiger partial charge in [0, 0.05) is 5.56 Å². The number of rotatable bonds is 6. The number of benzene rings is 2. The van der Waals surface area contributed by atoms with Crippen molar-refractivity contribution < 1.29 is 9.26 Å². The molecule has 0 spiro atoms. The van der Waals surface area contributed by atoms with Crippen molar-refractivity contribution in [2.24, 2.45) is 5.92 Å². The van der Waals surface area contributed by atoms with Crippen molar-refractivity contribution in [1.29, 1.82) is 0 Å². The zero-order valence-electron chi connectivity index (χ0n) is 16.1. The standard InChI is InChI=1S/C22H25N3O2.ClH/c1-26-20-9-7-19(8-10-20)22-23-21(27-24-22)16-25-13-11-18(12-14-25)15-17-5-3-2-4-6-17;/h2-10,18H,11-16H2,1H3;1H. The van der Waals surface area contributed by atoms with Crippen molar-refractivity contribution >= 4 is 12.4 Å². The molecule has 4 rings (SSSR count). The van der Waals surface area contributed by atoms with Crippen LogP contribution in [-0.2, 0) is 13.0 Å². The van der Waals surface area contributed by atoms with E-state index in [0.717, 1.165) is 36.9 Å². The summed E-state index contributed by atoms with van der Waals surface area (Å²) in [5, 5.41) is 4.12. The SMILES string of the molecule is COc1ccc(-c2noc(CN3CCC(Cc4ccccc4)CC3)n2)cc1.Cl. The van der Waals surface area contributed by atoms with Gasteiger partial charge in [-0.1, -0.05) is 35.5 Å². The van der Waals surface area contributed by atoms with Gasteiger partial charge in [-0.25, -0.2) is 0 Å². The molecule has 2 aromatic carbocycles. The fraction of sp³-hybridized carbons (Fsp3) is 0.364. The molecule has 148 valence electrons. The average Bonchev–Trinajstić information content (AvgIpc) is 3.19. The first-order chi connectivity index (χ1) is 13.3.